The Hall–Kier alpha value is -2.57. The van der Waals surface area contributed by atoms with Crippen molar-refractivity contribution in [1.29, 1.82) is 0 Å². The van der Waals surface area contributed by atoms with Gasteiger partial charge in [-0.2, -0.15) is 0 Å². The lowest BCUT2D eigenvalue weighted by Crippen LogP contribution is -2.48. The van der Waals surface area contributed by atoms with Crippen molar-refractivity contribution in [3.8, 4) is 5.75 Å². The summed E-state index contributed by atoms with van der Waals surface area (Å²) in [4.78, 5) is 28.9. The highest BCUT2D eigenvalue weighted by molar-refractivity contribution is 5.95. The van der Waals surface area contributed by atoms with Gasteiger partial charge in [0, 0.05) is 37.3 Å². The molecule has 1 saturated heterocycles. The standard InChI is InChI=1S/C23H26N2O4.ClH/c1-28-18-7-4-6-17(16-18)22(26)25-14-12-24(13-15-25)11-5-10-21-19-8-2-3-9-20(19)23(27)29-21;/h2-4,6-9,16,21H,5,10-15H2,1H3;1H. The SMILES string of the molecule is COc1cccc(C(=O)N2CCN(CCCC3OC(=O)c4ccccc43)CC2)c1.Cl. The monoisotopic (exact) mass is 430 g/mol. The maximum Gasteiger partial charge on any atom is 0.339 e. The number of halogens is 1. The molecule has 7 heteroatoms. The van der Waals surface area contributed by atoms with Crippen LogP contribution in [-0.4, -0.2) is 61.5 Å². The number of esters is 1. The van der Waals surface area contributed by atoms with Crippen LogP contribution in [0.1, 0.15) is 45.2 Å². The maximum absolute atomic E-state index is 12.7. The summed E-state index contributed by atoms with van der Waals surface area (Å²) in [5.74, 6) is 0.539. The second kappa shape index (κ2) is 9.96. The molecular formula is C23H27ClN2O4. The first-order valence-electron chi connectivity index (χ1n) is 10.1. The van der Waals surface area contributed by atoms with Gasteiger partial charge in [0.2, 0.25) is 0 Å². The van der Waals surface area contributed by atoms with Gasteiger partial charge in [0.05, 0.1) is 12.7 Å². The number of hydrogen-bond acceptors (Lipinski definition) is 5. The van der Waals surface area contributed by atoms with E-state index in [2.05, 4.69) is 4.90 Å². The molecular weight excluding hydrogens is 404 g/mol. The molecule has 0 N–H and O–H groups in total. The summed E-state index contributed by atoms with van der Waals surface area (Å²) in [5.41, 5.74) is 2.37. The van der Waals surface area contributed by atoms with E-state index in [-0.39, 0.29) is 30.4 Å². The van der Waals surface area contributed by atoms with E-state index in [0.29, 0.717) is 16.9 Å². The fourth-order valence-corrected chi connectivity index (χ4v) is 4.05. The Kier molecular flexibility index (Phi) is 7.34. The highest BCUT2D eigenvalue weighted by atomic mass is 35.5. The van der Waals surface area contributed by atoms with Crippen molar-refractivity contribution in [1.82, 2.24) is 9.80 Å². The zero-order chi connectivity index (χ0) is 20.2. The first kappa shape index (κ1) is 22.1. The second-order valence-electron chi connectivity index (χ2n) is 7.49. The topological polar surface area (TPSA) is 59.1 Å². The number of carbonyl (C=O) groups is 2. The summed E-state index contributed by atoms with van der Waals surface area (Å²) in [6.07, 6.45) is 1.65. The Morgan fingerprint density at radius 3 is 2.63 bits per heavy atom. The minimum absolute atomic E-state index is 0. The molecule has 160 valence electrons. The number of benzene rings is 2. The van der Waals surface area contributed by atoms with Gasteiger partial charge in [0.25, 0.3) is 5.91 Å². The smallest absolute Gasteiger partial charge is 0.339 e. The van der Waals surface area contributed by atoms with E-state index in [1.54, 1.807) is 13.2 Å². The summed E-state index contributed by atoms with van der Waals surface area (Å²) < 4.78 is 10.7. The average Bonchev–Trinajstić information content (AvgIpc) is 3.09. The van der Waals surface area contributed by atoms with Gasteiger partial charge in [-0.1, -0.05) is 24.3 Å². The molecule has 1 atom stereocenters. The van der Waals surface area contributed by atoms with Crippen LogP contribution in [0.2, 0.25) is 0 Å². The highest BCUT2D eigenvalue weighted by Crippen LogP contribution is 2.33. The number of methoxy groups -OCH3 is 1. The molecule has 0 aliphatic carbocycles. The average molecular weight is 431 g/mol. The summed E-state index contributed by atoms with van der Waals surface area (Å²) >= 11 is 0. The van der Waals surface area contributed by atoms with Crippen LogP contribution >= 0.6 is 12.4 Å². The first-order chi connectivity index (χ1) is 14.2. The fourth-order valence-electron chi connectivity index (χ4n) is 4.05. The quantitative estimate of drug-likeness (QED) is 0.656. The Morgan fingerprint density at radius 1 is 1.10 bits per heavy atom. The summed E-state index contributed by atoms with van der Waals surface area (Å²) in [5, 5.41) is 0. The first-order valence-corrected chi connectivity index (χ1v) is 10.1. The Bertz CT molecular complexity index is 896. The van der Waals surface area contributed by atoms with Crippen LogP contribution in [0.3, 0.4) is 0 Å². The molecule has 2 aliphatic heterocycles. The van der Waals surface area contributed by atoms with Crippen LogP contribution in [0.4, 0.5) is 0 Å². The second-order valence-corrected chi connectivity index (χ2v) is 7.49. The van der Waals surface area contributed by atoms with Crippen LogP contribution in [0.25, 0.3) is 0 Å². The van der Waals surface area contributed by atoms with Crippen LogP contribution in [0.5, 0.6) is 5.75 Å². The van der Waals surface area contributed by atoms with Gasteiger partial charge >= 0.3 is 5.97 Å². The third kappa shape index (κ3) is 4.77. The molecule has 2 heterocycles. The van der Waals surface area contributed by atoms with Gasteiger partial charge in [-0.25, -0.2) is 4.79 Å². The van der Waals surface area contributed by atoms with Gasteiger partial charge < -0.3 is 14.4 Å². The van der Waals surface area contributed by atoms with Gasteiger partial charge in [-0.05, 0) is 43.7 Å². The van der Waals surface area contributed by atoms with Gasteiger partial charge in [0.15, 0.2) is 0 Å². The Morgan fingerprint density at radius 2 is 1.87 bits per heavy atom. The lowest BCUT2D eigenvalue weighted by atomic mass is 10.0. The van der Waals surface area contributed by atoms with Crippen molar-refractivity contribution in [2.24, 2.45) is 0 Å². The molecule has 1 unspecified atom stereocenters. The Labute approximate surface area is 183 Å². The lowest BCUT2D eigenvalue weighted by Gasteiger charge is -2.35. The molecule has 2 aliphatic rings. The number of ether oxygens (including phenoxy) is 2. The van der Waals surface area contributed by atoms with Crippen LogP contribution in [0.15, 0.2) is 48.5 Å². The minimum atomic E-state index is -0.213. The minimum Gasteiger partial charge on any atom is -0.497 e. The molecule has 6 nitrogen and oxygen atoms in total. The molecule has 0 aromatic heterocycles. The fraction of sp³-hybridized carbons (Fsp3) is 0.391. The van der Waals surface area contributed by atoms with Crippen molar-refractivity contribution >= 4 is 24.3 Å². The molecule has 30 heavy (non-hydrogen) atoms. The number of nitrogens with zero attached hydrogens (tertiary/aromatic N) is 2. The predicted molar refractivity (Wildman–Crippen MR) is 116 cm³/mol. The third-order valence-electron chi connectivity index (χ3n) is 5.69. The van der Waals surface area contributed by atoms with Gasteiger partial charge in [0.1, 0.15) is 11.9 Å². The van der Waals surface area contributed by atoms with Crippen LogP contribution < -0.4 is 4.74 Å². The zero-order valence-corrected chi connectivity index (χ0v) is 17.9. The van der Waals surface area contributed by atoms with E-state index in [4.69, 9.17) is 9.47 Å². The molecule has 2 aromatic rings. The molecule has 0 spiro atoms. The summed E-state index contributed by atoms with van der Waals surface area (Å²) in [7, 11) is 1.60. The van der Waals surface area contributed by atoms with E-state index in [9.17, 15) is 9.59 Å². The molecule has 2 aromatic carbocycles. The molecule has 0 radical (unpaired) electrons. The van der Waals surface area contributed by atoms with E-state index >= 15 is 0 Å². The number of carbonyl (C=O) groups excluding carboxylic acids is 2. The lowest BCUT2D eigenvalue weighted by molar-refractivity contribution is 0.0353. The summed E-state index contributed by atoms with van der Waals surface area (Å²) in [6.45, 7) is 4.10. The van der Waals surface area contributed by atoms with Gasteiger partial charge in [-0.15, -0.1) is 12.4 Å². The number of cyclic esters (lactones) is 1. The molecule has 1 fully saturated rings. The number of fused-ring (bicyclic) bond motifs is 1. The zero-order valence-electron chi connectivity index (χ0n) is 17.1. The molecule has 1 amide bonds. The van der Waals surface area contributed by atoms with Crippen LogP contribution in [0, 0.1) is 0 Å². The van der Waals surface area contributed by atoms with E-state index in [0.717, 1.165) is 51.1 Å². The predicted octanol–water partition coefficient (Wildman–Crippen LogP) is 3.57. The van der Waals surface area contributed by atoms with Crippen LogP contribution in [-0.2, 0) is 4.74 Å². The van der Waals surface area contributed by atoms with Crippen molar-refractivity contribution in [2.75, 3.05) is 39.8 Å². The van der Waals surface area contributed by atoms with E-state index in [1.165, 1.54) is 0 Å². The van der Waals surface area contributed by atoms with Crippen molar-refractivity contribution in [3.05, 3.63) is 65.2 Å². The normalized spacial score (nSPS) is 18.4. The van der Waals surface area contributed by atoms with Crippen molar-refractivity contribution < 1.29 is 19.1 Å². The van der Waals surface area contributed by atoms with Crippen molar-refractivity contribution in [2.45, 2.75) is 18.9 Å². The maximum atomic E-state index is 12.7. The number of amides is 1. The van der Waals surface area contributed by atoms with E-state index < -0.39 is 0 Å². The number of rotatable bonds is 6. The highest BCUT2D eigenvalue weighted by Gasteiger charge is 2.30. The largest absolute Gasteiger partial charge is 0.497 e. The van der Waals surface area contributed by atoms with Crippen molar-refractivity contribution in [3.63, 3.8) is 0 Å². The van der Waals surface area contributed by atoms with Gasteiger partial charge in [-0.3, -0.25) is 9.69 Å². The number of piperazine rings is 1. The molecule has 0 saturated carbocycles. The third-order valence-corrected chi connectivity index (χ3v) is 5.69. The Balaban J connectivity index is 0.00000256. The molecule has 0 bridgehead atoms. The molecule has 4 rings (SSSR count). The summed E-state index contributed by atoms with van der Waals surface area (Å²) in [6, 6.07) is 14.9. The van der Waals surface area contributed by atoms with E-state index in [1.807, 2.05) is 47.4 Å². The number of hydrogen-bond donors (Lipinski definition) is 0.